The Hall–Kier alpha value is -1.18. The van der Waals surface area contributed by atoms with Crippen molar-refractivity contribution in [1.29, 1.82) is 0 Å². The van der Waals surface area contributed by atoms with E-state index in [0.29, 0.717) is 5.75 Å². The summed E-state index contributed by atoms with van der Waals surface area (Å²) in [5.74, 6) is 1.26. The smallest absolute Gasteiger partial charge is 0.121 e. The lowest BCUT2D eigenvalue weighted by atomic mass is 10.1. The van der Waals surface area contributed by atoms with Crippen LogP contribution in [0.25, 0.3) is 0 Å². The minimum absolute atomic E-state index is 0.399. The van der Waals surface area contributed by atoms with Crippen LogP contribution in [0.1, 0.15) is 31.4 Å². The molecule has 0 atom stereocenters. The molecule has 0 aromatic heterocycles. The van der Waals surface area contributed by atoms with Crippen LogP contribution in [0.5, 0.6) is 11.5 Å². The van der Waals surface area contributed by atoms with Gasteiger partial charge in [0.15, 0.2) is 0 Å². The van der Waals surface area contributed by atoms with Gasteiger partial charge >= 0.3 is 0 Å². The molecule has 0 spiro atoms. The number of phenolic OH excluding ortho intramolecular Hbond substituents is 1. The molecule has 78 valence electrons. The van der Waals surface area contributed by atoms with Crippen LogP contribution in [0.2, 0.25) is 0 Å². The number of aryl methyl sites for hydroxylation is 2. The van der Waals surface area contributed by atoms with Crippen LogP contribution in [0.15, 0.2) is 12.1 Å². The van der Waals surface area contributed by atoms with Crippen LogP contribution in [0, 0.1) is 6.92 Å². The zero-order chi connectivity index (χ0) is 10.6. The molecule has 1 aromatic rings. The highest BCUT2D eigenvalue weighted by Crippen LogP contribution is 2.28. The van der Waals surface area contributed by atoms with E-state index in [2.05, 4.69) is 6.92 Å². The molecule has 0 aliphatic carbocycles. The molecule has 14 heavy (non-hydrogen) atoms. The Morgan fingerprint density at radius 3 is 2.57 bits per heavy atom. The van der Waals surface area contributed by atoms with Crippen molar-refractivity contribution in [1.82, 2.24) is 0 Å². The van der Waals surface area contributed by atoms with Crippen molar-refractivity contribution >= 4 is 0 Å². The molecule has 1 N–H and O–H groups in total. The second-order valence-corrected chi connectivity index (χ2v) is 3.45. The molecule has 1 rings (SSSR count). The molecule has 0 heterocycles. The number of hydrogen-bond acceptors (Lipinski definition) is 2. The Morgan fingerprint density at radius 2 is 2.00 bits per heavy atom. The van der Waals surface area contributed by atoms with Gasteiger partial charge in [-0.3, -0.25) is 0 Å². The van der Waals surface area contributed by atoms with Crippen molar-refractivity contribution in [3.63, 3.8) is 0 Å². The van der Waals surface area contributed by atoms with Crippen molar-refractivity contribution in [3.8, 4) is 11.5 Å². The zero-order valence-corrected chi connectivity index (χ0v) is 9.13. The second kappa shape index (κ2) is 4.89. The maximum atomic E-state index is 9.69. The molecular weight excluding hydrogens is 176 g/mol. The summed E-state index contributed by atoms with van der Waals surface area (Å²) in [5.41, 5.74) is 1.84. The van der Waals surface area contributed by atoms with Gasteiger partial charge in [-0.15, -0.1) is 0 Å². The van der Waals surface area contributed by atoms with Crippen LogP contribution in [0.4, 0.5) is 0 Å². The summed E-state index contributed by atoms with van der Waals surface area (Å²) < 4.78 is 5.52. The maximum absolute atomic E-state index is 9.69. The molecule has 0 fully saturated rings. The second-order valence-electron chi connectivity index (χ2n) is 3.45. The lowest BCUT2D eigenvalue weighted by molar-refractivity contribution is 0.316. The van der Waals surface area contributed by atoms with Crippen molar-refractivity contribution in [3.05, 3.63) is 23.3 Å². The lowest BCUT2D eigenvalue weighted by Crippen LogP contribution is -1.96. The third-order valence-electron chi connectivity index (χ3n) is 2.21. The first-order chi connectivity index (χ1) is 6.69. The van der Waals surface area contributed by atoms with Crippen molar-refractivity contribution in [2.45, 2.75) is 33.6 Å². The topological polar surface area (TPSA) is 29.5 Å². The molecule has 0 unspecified atom stereocenters. The highest BCUT2D eigenvalue weighted by molar-refractivity contribution is 5.45. The Kier molecular flexibility index (Phi) is 3.81. The number of benzene rings is 1. The summed E-state index contributed by atoms with van der Waals surface area (Å²) in [6.45, 7) is 6.73. The highest BCUT2D eigenvalue weighted by atomic mass is 16.5. The van der Waals surface area contributed by atoms with Gasteiger partial charge in [-0.25, -0.2) is 0 Å². The first-order valence-electron chi connectivity index (χ1n) is 5.14. The van der Waals surface area contributed by atoms with Gasteiger partial charge < -0.3 is 9.84 Å². The average molecular weight is 194 g/mol. The van der Waals surface area contributed by atoms with Gasteiger partial charge in [0.2, 0.25) is 0 Å². The van der Waals surface area contributed by atoms with Gasteiger partial charge in [-0.2, -0.15) is 0 Å². The third kappa shape index (κ3) is 2.41. The van der Waals surface area contributed by atoms with Crippen molar-refractivity contribution in [2.75, 3.05) is 6.61 Å². The van der Waals surface area contributed by atoms with Crippen molar-refractivity contribution in [2.24, 2.45) is 0 Å². The van der Waals surface area contributed by atoms with Crippen molar-refractivity contribution < 1.29 is 9.84 Å². The van der Waals surface area contributed by atoms with E-state index >= 15 is 0 Å². The maximum Gasteiger partial charge on any atom is 0.121 e. The van der Waals surface area contributed by atoms with E-state index in [1.165, 1.54) is 0 Å². The van der Waals surface area contributed by atoms with Gasteiger partial charge in [0.25, 0.3) is 0 Å². The van der Waals surface area contributed by atoms with E-state index in [4.69, 9.17) is 4.74 Å². The Morgan fingerprint density at radius 1 is 1.29 bits per heavy atom. The van der Waals surface area contributed by atoms with E-state index in [1.54, 1.807) is 0 Å². The number of aromatic hydroxyl groups is 1. The van der Waals surface area contributed by atoms with E-state index in [-0.39, 0.29) is 0 Å². The summed E-state index contributed by atoms with van der Waals surface area (Å²) in [6, 6.07) is 3.79. The molecule has 2 heteroatoms. The summed E-state index contributed by atoms with van der Waals surface area (Å²) in [5, 5.41) is 9.69. The van der Waals surface area contributed by atoms with Gasteiger partial charge in [0.1, 0.15) is 11.5 Å². The molecule has 0 amide bonds. The Balaban J connectivity index is 2.91. The highest BCUT2D eigenvalue weighted by Gasteiger charge is 2.05. The van der Waals surface area contributed by atoms with Gasteiger partial charge in [-0.1, -0.05) is 13.8 Å². The van der Waals surface area contributed by atoms with Crippen LogP contribution in [-0.2, 0) is 6.42 Å². The molecule has 0 bridgehead atoms. The quantitative estimate of drug-likeness (QED) is 0.798. The Labute approximate surface area is 85.5 Å². The summed E-state index contributed by atoms with van der Waals surface area (Å²) in [6.07, 6.45) is 1.83. The fraction of sp³-hybridized carbons (Fsp3) is 0.500. The first kappa shape index (κ1) is 10.9. The first-order valence-corrected chi connectivity index (χ1v) is 5.14. The van der Waals surface area contributed by atoms with Gasteiger partial charge in [0.05, 0.1) is 6.61 Å². The lowest BCUT2D eigenvalue weighted by Gasteiger charge is -2.10. The molecule has 0 saturated carbocycles. The molecular formula is C12H18O2. The van der Waals surface area contributed by atoms with Gasteiger partial charge in [-0.05, 0) is 43.0 Å². The normalized spacial score (nSPS) is 10.2. The minimum atomic E-state index is 0.399. The fourth-order valence-corrected chi connectivity index (χ4v) is 1.39. The predicted molar refractivity (Wildman–Crippen MR) is 58.0 cm³/mol. The summed E-state index contributed by atoms with van der Waals surface area (Å²) in [7, 11) is 0. The number of rotatable bonds is 4. The molecule has 2 nitrogen and oxygen atoms in total. The summed E-state index contributed by atoms with van der Waals surface area (Å²) >= 11 is 0. The molecule has 1 aromatic carbocycles. The number of phenols is 1. The average Bonchev–Trinajstić information content (AvgIpc) is 2.19. The van der Waals surface area contributed by atoms with E-state index in [1.807, 2.05) is 26.0 Å². The van der Waals surface area contributed by atoms with E-state index in [9.17, 15) is 5.11 Å². The number of ether oxygens (including phenoxy) is 1. The minimum Gasteiger partial charge on any atom is -0.507 e. The van der Waals surface area contributed by atoms with E-state index in [0.717, 1.165) is 36.3 Å². The third-order valence-corrected chi connectivity index (χ3v) is 2.21. The number of hydrogen-bond donors (Lipinski definition) is 1. The standard InChI is InChI=1S/C12H18O2/c1-4-6-14-11-7-9(3)12(13)10(5-2)8-11/h7-8,13H,4-6H2,1-3H3. The van der Waals surface area contributed by atoms with Crippen LogP contribution >= 0.6 is 0 Å². The molecule has 0 radical (unpaired) electrons. The molecule has 0 aliphatic heterocycles. The predicted octanol–water partition coefficient (Wildman–Crippen LogP) is 3.05. The molecule has 0 saturated heterocycles. The summed E-state index contributed by atoms with van der Waals surface area (Å²) in [4.78, 5) is 0. The zero-order valence-electron chi connectivity index (χ0n) is 9.13. The molecule has 0 aliphatic rings. The van der Waals surface area contributed by atoms with Crippen LogP contribution in [0.3, 0.4) is 0 Å². The van der Waals surface area contributed by atoms with Gasteiger partial charge in [0, 0.05) is 0 Å². The monoisotopic (exact) mass is 194 g/mol. The fourth-order valence-electron chi connectivity index (χ4n) is 1.39. The largest absolute Gasteiger partial charge is 0.507 e. The Bertz CT molecular complexity index is 305. The SMILES string of the molecule is CCCOc1cc(C)c(O)c(CC)c1. The van der Waals surface area contributed by atoms with E-state index < -0.39 is 0 Å². The van der Waals surface area contributed by atoms with Crippen LogP contribution < -0.4 is 4.74 Å². The van der Waals surface area contributed by atoms with Crippen LogP contribution in [-0.4, -0.2) is 11.7 Å².